The molecule has 15 heavy (non-hydrogen) atoms. The number of hydrogen-bond donors (Lipinski definition) is 1. The van der Waals surface area contributed by atoms with Crippen LogP contribution >= 0.6 is 0 Å². The van der Waals surface area contributed by atoms with Gasteiger partial charge in [-0.3, -0.25) is 4.98 Å². The summed E-state index contributed by atoms with van der Waals surface area (Å²) in [7, 11) is 0. The van der Waals surface area contributed by atoms with E-state index in [1.54, 1.807) is 0 Å². The molecule has 1 aromatic heterocycles. The van der Waals surface area contributed by atoms with E-state index in [2.05, 4.69) is 29.4 Å². The lowest BCUT2D eigenvalue weighted by atomic mass is 10.0. The molecule has 0 spiro atoms. The van der Waals surface area contributed by atoms with E-state index in [-0.39, 0.29) is 0 Å². The lowest BCUT2D eigenvalue weighted by Crippen LogP contribution is -2.25. The third-order valence-corrected chi connectivity index (χ3v) is 3.49. The van der Waals surface area contributed by atoms with E-state index in [1.807, 2.05) is 12.3 Å². The van der Waals surface area contributed by atoms with E-state index in [1.165, 1.54) is 31.5 Å². The predicted molar refractivity (Wildman–Crippen MR) is 62.8 cm³/mol. The predicted octanol–water partition coefficient (Wildman–Crippen LogP) is 2.40. The van der Waals surface area contributed by atoms with Crippen LogP contribution in [0.25, 0.3) is 0 Å². The highest BCUT2D eigenvalue weighted by atomic mass is 14.9. The van der Waals surface area contributed by atoms with Crippen molar-refractivity contribution in [2.45, 2.75) is 32.6 Å². The lowest BCUT2D eigenvalue weighted by molar-refractivity contribution is 0.445. The minimum absolute atomic E-state index is 0.657. The van der Waals surface area contributed by atoms with E-state index in [0.29, 0.717) is 5.41 Å². The number of rotatable bonds is 6. The van der Waals surface area contributed by atoms with Crippen LogP contribution in [0.2, 0.25) is 0 Å². The number of nitrogens with zero attached hydrogens (tertiary/aromatic N) is 1. The Morgan fingerprint density at radius 1 is 1.40 bits per heavy atom. The summed E-state index contributed by atoms with van der Waals surface area (Å²) in [6.07, 6.45) is 7.06. The molecule has 1 aliphatic carbocycles. The molecule has 1 aromatic rings. The fraction of sp³-hybridized carbons (Fsp3) is 0.615. The largest absolute Gasteiger partial charge is 0.316 e. The molecule has 0 atom stereocenters. The third kappa shape index (κ3) is 3.03. The summed E-state index contributed by atoms with van der Waals surface area (Å²) in [6.45, 7) is 4.54. The van der Waals surface area contributed by atoms with Gasteiger partial charge in [0.15, 0.2) is 0 Å². The van der Waals surface area contributed by atoms with Crippen molar-refractivity contribution in [2.75, 3.05) is 13.1 Å². The van der Waals surface area contributed by atoms with Gasteiger partial charge in [-0.2, -0.15) is 0 Å². The fourth-order valence-corrected chi connectivity index (χ4v) is 1.95. The molecule has 0 aliphatic heterocycles. The van der Waals surface area contributed by atoms with Gasteiger partial charge in [-0.15, -0.1) is 0 Å². The van der Waals surface area contributed by atoms with Crippen LogP contribution in [0, 0.1) is 5.41 Å². The number of nitrogens with one attached hydrogen (secondary N) is 1. The molecule has 0 saturated heterocycles. The van der Waals surface area contributed by atoms with E-state index >= 15 is 0 Å². The molecule has 82 valence electrons. The van der Waals surface area contributed by atoms with Crippen molar-refractivity contribution < 1.29 is 0 Å². The Labute approximate surface area is 92.1 Å². The van der Waals surface area contributed by atoms with Crippen LogP contribution in [0.3, 0.4) is 0 Å². The van der Waals surface area contributed by atoms with Crippen LogP contribution in [-0.2, 0) is 6.42 Å². The van der Waals surface area contributed by atoms with Crippen LogP contribution in [0.15, 0.2) is 24.4 Å². The summed E-state index contributed by atoms with van der Waals surface area (Å²) in [5.74, 6) is 0. The van der Waals surface area contributed by atoms with Crippen LogP contribution in [0.5, 0.6) is 0 Å². The van der Waals surface area contributed by atoms with Gasteiger partial charge in [-0.05, 0) is 36.8 Å². The Balaban J connectivity index is 1.63. The average molecular weight is 204 g/mol. The minimum atomic E-state index is 0.657. The molecule has 1 fully saturated rings. The van der Waals surface area contributed by atoms with Crippen LogP contribution < -0.4 is 5.32 Å². The van der Waals surface area contributed by atoms with Crippen molar-refractivity contribution in [1.82, 2.24) is 10.3 Å². The average Bonchev–Trinajstić information content (AvgIpc) is 3.07. The first-order valence-electron chi connectivity index (χ1n) is 5.95. The first-order valence-corrected chi connectivity index (χ1v) is 5.95. The summed E-state index contributed by atoms with van der Waals surface area (Å²) in [4.78, 5) is 4.31. The molecule has 0 radical (unpaired) electrons. The quantitative estimate of drug-likeness (QED) is 0.720. The van der Waals surface area contributed by atoms with Gasteiger partial charge in [-0.1, -0.05) is 13.0 Å². The zero-order chi connectivity index (χ0) is 10.6. The van der Waals surface area contributed by atoms with Crippen molar-refractivity contribution in [3.63, 3.8) is 0 Å². The molecule has 0 amide bonds. The molecule has 0 bridgehead atoms. The van der Waals surface area contributed by atoms with Crippen LogP contribution in [0.4, 0.5) is 0 Å². The molecule has 2 nitrogen and oxygen atoms in total. The monoisotopic (exact) mass is 204 g/mol. The molecule has 0 unspecified atom stereocenters. The number of aromatic nitrogens is 1. The summed E-state index contributed by atoms with van der Waals surface area (Å²) >= 11 is 0. The van der Waals surface area contributed by atoms with E-state index < -0.39 is 0 Å². The van der Waals surface area contributed by atoms with Gasteiger partial charge in [-0.25, -0.2) is 0 Å². The molecule has 2 rings (SSSR count). The maximum absolute atomic E-state index is 4.31. The van der Waals surface area contributed by atoms with Crippen LogP contribution in [0.1, 0.15) is 31.9 Å². The fourth-order valence-electron chi connectivity index (χ4n) is 1.95. The zero-order valence-electron chi connectivity index (χ0n) is 9.50. The summed E-state index contributed by atoms with van der Waals surface area (Å²) in [5, 5.41) is 3.55. The smallest absolute Gasteiger partial charge is 0.0416 e. The standard InChI is InChI=1S/C13H20N2/c1-2-13(7-8-13)11-14-10-6-12-5-3-4-9-15-12/h3-5,9,14H,2,6-8,10-11H2,1H3. The first-order chi connectivity index (χ1) is 7.35. The van der Waals surface area contributed by atoms with Gasteiger partial charge in [0.2, 0.25) is 0 Å². The van der Waals surface area contributed by atoms with Crippen molar-refractivity contribution in [1.29, 1.82) is 0 Å². The maximum atomic E-state index is 4.31. The second-order valence-corrected chi connectivity index (χ2v) is 4.60. The van der Waals surface area contributed by atoms with Gasteiger partial charge >= 0.3 is 0 Å². The molecule has 0 aromatic carbocycles. The highest BCUT2D eigenvalue weighted by Gasteiger charge is 2.39. The molecule has 2 heteroatoms. The van der Waals surface area contributed by atoms with Crippen molar-refractivity contribution >= 4 is 0 Å². The zero-order valence-corrected chi connectivity index (χ0v) is 9.50. The highest BCUT2D eigenvalue weighted by Crippen LogP contribution is 2.47. The summed E-state index contributed by atoms with van der Waals surface area (Å²) in [6, 6.07) is 6.11. The molecule has 1 aliphatic rings. The molecule has 1 heterocycles. The topological polar surface area (TPSA) is 24.9 Å². The molecule has 1 N–H and O–H groups in total. The van der Waals surface area contributed by atoms with E-state index in [9.17, 15) is 0 Å². The van der Waals surface area contributed by atoms with Crippen molar-refractivity contribution in [3.05, 3.63) is 30.1 Å². The second kappa shape index (κ2) is 4.75. The Bertz CT molecular complexity index is 291. The van der Waals surface area contributed by atoms with Gasteiger partial charge in [0.1, 0.15) is 0 Å². The summed E-state index contributed by atoms with van der Waals surface area (Å²) in [5.41, 5.74) is 1.84. The van der Waals surface area contributed by atoms with Gasteiger partial charge in [0.05, 0.1) is 0 Å². The normalized spacial score (nSPS) is 17.7. The Morgan fingerprint density at radius 2 is 2.27 bits per heavy atom. The van der Waals surface area contributed by atoms with E-state index in [4.69, 9.17) is 0 Å². The molecular formula is C13H20N2. The van der Waals surface area contributed by atoms with Gasteiger partial charge < -0.3 is 5.32 Å². The highest BCUT2D eigenvalue weighted by molar-refractivity contribution is 5.03. The minimum Gasteiger partial charge on any atom is -0.316 e. The first kappa shape index (κ1) is 10.6. The third-order valence-electron chi connectivity index (χ3n) is 3.49. The Morgan fingerprint density at radius 3 is 2.87 bits per heavy atom. The van der Waals surface area contributed by atoms with E-state index in [0.717, 1.165) is 13.0 Å². The lowest BCUT2D eigenvalue weighted by Gasteiger charge is -2.12. The Kier molecular flexibility index (Phi) is 3.37. The summed E-state index contributed by atoms with van der Waals surface area (Å²) < 4.78 is 0. The van der Waals surface area contributed by atoms with Crippen molar-refractivity contribution in [3.8, 4) is 0 Å². The SMILES string of the molecule is CCC1(CNCCc2ccccn2)CC1. The number of hydrogen-bond acceptors (Lipinski definition) is 2. The van der Waals surface area contributed by atoms with Gasteiger partial charge in [0.25, 0.3) is 0 Å². The van der Waals surface area contributed by atoms with Crippen molar-refractivity contribution in [2.24, 2.45) is 5.41 Å². The number of pyridine rings is 1. The molecule has 1 saturated carbocycles. The Hall–Kier alpha value is -0.890. The molecular weight excluding hydrogens is 184 g/mol. The maximum Gasteiger partial charge on any atom is 0.0416 e. The van der Waals surface area contributed by atoms with Crippen LogP contribution in [-0.4, -0.2) is 18.1 Å². The second-order valence-electron chi connectivity index (χ2n) is 4.60. The van der Waals surface area contributed by atoms with Gasteiger partial charge in [0, 0.05) is 31.4 Å².